The van der Waals surface area contributed by atoms with Gasteiger partial charge in [0.1, 0.15) is 0 Å². The molecule has 1 aliphatic carbocycles. The number of alkyl halides is 3. The van der Waals surface area contributed by atoms with Crippen molar-refractivity contribution >= 4 is 0 Å². The fraction of sp³-hybridized carbons (Fsp3) is 0.643. The third-order valence-electron chi connectivity index (χ3n) is 3.25. The van der Waals surface area contributed by atoms with Crippen molar-refractivity contribution in [3.8, 4) is 0 Å². The molecule has 112 valence electrons. The molecule has 0 unspecified atom stereocenters. The van der Waals surface area contributed by atoms with Gasteiger partial charge in [-0.2, -0.15) is 13.2 Å². The molecule has 2 rings (SSSR count). The van der Waals surface area contributed by atoms with E-state index in [0.717, 1.165) is 5.69 Å². The van der Waals surface area contributed by atoms with Crippen LogP contribution in [0.5, 0.6) is 0 Å². The molecule has 1 aliphatic rings. The summed E-state index contributed by atoms with van der Waals surface area (Å²) in [4.78, 5) is 5.77. The Balaban J connectivity index is 1.91. The Kier molecular flexibility index (Phi) is 4.99. The van der Waals surface area contributed by atoms with Gasteiger partial charge in [0.25, 0.3) is 0 Å². The minimum Gasteiger partial charge on any atom is -0.308 e. The summed E-state index contributed by atoms with van der Waals surface area (Å²) in [5.41, 5.74) is 1.57. The Morgan fingerprint density at radius 1 is 1.30 bits per heavy atom. The van der Waals surface area contributed by atoms with Gasteiger partial charge in [-0.15, -0.1) is 0 Å². The third kappa shape index (κ3) is 5.46. The van der Waals surface area contributed by atoms with Crippen LogP contribution < -0.4 is 5.32 Å². The standard InChI is InChI=1S/C14H20F3N3/c1-2-20(10-14(15,16)17)9-13-5-3-4-12(19-13)8-18-11-6-7-11/h3-5,11,18H,2,6-10H2,1H3. The van der Waals surface area contributed by atoms with Crippen molar-refractivity contribution in [1.29, 1.82) is 0 Å². The predicted molar refractivity (Wildman–Crippen MR) is 71.1 cm³/mol. The summed E-state index contributed by atoms with van der Waals surface area (Å²) in [6.07, 6.45) is -1.76. The molecule has 0 aromatic carbocycles. The molecule has 3 nitrogen and oxygen atoms in total. The smallest absolute Gasteiger partial charge is 0.308 e. The summed E-state index contributed by atoms with van der Waals surface area (Å²) in [6.45, 7) is 2.10. The Morgan fingerprint density at radius 2 is 2.00 bits per heavy atom. The maximum Gasteiger partial charge on any atom is 0.401 e. The third-order valence-corrected chi connectivity index (χ3v) is 3.25. The highest BCUT2D eigenvalue weighted by Crippen LogP contribution is 2.19. The molecule has 0 saturated heterocycles. The van der Waals surface area contributed by atoms with Crippen LogP contribution in [0.3, 0.4) is 0 Å². The first-order chi connectivity index (χ1) is 9.46. The summed E-state index contributed by atoms with van der Waals surface area (Å²) < 4.78 is 37.3. The van der Waals surface area contributed by atoms with Crippen molar-refractivity contribution in [3.63, 3.8) is 0 Å². The minimum absolute atomic E-state index is 0.229. The summed E-state index contributed by atoms with van der Waals surface area (Å²) >= 11 is 0. The fourth-order valence-electron chi connectivity index (χ4n) is 2.01. The molecule has 6 heteroatoms. The van der Waals surface area contributed by atoms with E-state index in [1.807, 2.05) is 12.1 Å². The highest BCUT2D eigenvalue weighted by Gasteiger charge is 2.30. The Labute approximate surface area is 117 Å². The number of halogens is 3. The quantitative estimate of drug-likeness (QED) is 0.836. The van der Waals surface area contributed by atoms with Gasteiger partial charge in [-0.3, -0.25) is 9.88 Å². The molecule has 0 bridgehead atoms. The van der Waals surface area contributed by atoms with Gasteiger partial charge in [0.05, 0.1) is 17.9 Å². The highest BCUT2D eigenvalue weighted by atomic mass is 19.4. The highest BCUT2D eigenvalue weighted by molar-refractivity contribution is 5.11. The molecule has 1 N–H and O–H groups in total. The average molecular weight is 287 g/mol. The molecule has 0 amide bonds. The SMILES string of the molecule is CCN(Cc1cccc(CNC2CC2)n1)CC(F)(F)F. The van der Waals surface area contributed by atoms with E-state index in [2.05, 4.69) is 10.3 Å². The molecule has 0 spiro atoms. The van der Waals surface area contributed by atoms with E-state index >= 15 is 0 Å². The van der Waals surface area contributed by atoms with Gasteiger partial charge in [-0.1, -0.05) is 13.0 Å². The Hall–Kier alpha value is -1.14. The van der Waals surface area contributed by atoms with E-state index in [0.29, 0.717) is 24.8 Å². The van der Waals surface area contributed by atoms with Crippen LogP contribution in [0.15, 0.2) is 18.2 Å². The molecular weight excluding hydrogens is 267 g/mol. The summed E-state index contributed by atoms with van der Waals surface area (Å²) in [7, 11) is 0. The number of hydrogen-bond donors (Lipinski definition) is 1. The molecule has 0 aliphatic heterocycles. The fourth-order valence-corrected chi connectivity index (χ4v) is 2.01. The van der Waals surface area contributed by atoms with Gasteiger partial charge in [0.15, 0.2) is 0 Å². The van der Waals surface area contributed by atoms with Crippen molar-refractivity contribution in [2.45, 2.75) is 45.1 Å². The van der Waals surface area contributed by atoms with E-state index in [4.69, 9.17) is 0 Å². The van der Waals surface area contributed by atoms with E-state index < -0.39 is 12.7 Å². The number of nitrogens with zero attached hydrogens (tertiary/aromatic N) is 2. The molecule has 1 aromatic rings. The molecule has 1 fully saturated rings. The maximum absolute atomic E-state index is 12.4. The van der Waals surface area contributed by atoms with E-state index in [9.17, 15) is 13.2 Å². The van der Waals surface area contributed by atoms with Gasteiger partial charge in [-0.25, -0.2) is 0 Å². The lowest BCUT2D eigenvalue weighted by molar-refractivity contribution is -0.146. The second-order valence-corrected chi connectivity index (χ2v) is 5.19. The molecule has 20 heavy (non-hydrogen) atoms. The lowest BCUT2D eigenvalue weighted by Crippen LogP contribution is -2.34. The van der Waals surface area contributed by atoms with Crippen LogP contribution in [0.1, 0.15) is 31.2 Å². The van der Waals surface area contributed by atoms with E-state index in [-0.39, 0.29) is 6.54 Å². The van der Waals surface area contributed by atoms with Crippen LogP contribution in [-0.2, 0) is 13.1 Å². The monoisotopic (exact) mass is 287 g/mol. The van der Waals surface area contributed by atoms with Gasteiger partial charge in [0.2, 0.25) is 0 Å². The van der Waals surface area contributed by atoms with Gasteiger partial charge < -0.3 is 5.32 Å². The van der Waals surface area contributed by atoms with Crippen LogP contribution in [-0.4, -0.2) is 35.2 Å². The normalized spacial score (nSPS) is 15.8. The van der Waals surface area contributed by atoms with Crippen LogP contribution in [0.4, 0.5) is 13.2 Å². The first-order valence-electron chi connectivity index (χ1n) is 6.93. The van der Waals surface area contributed by atoms with Gasteiger partial charge in [0, 0.05) is 19.1 Å². The lowest BCUT2D eigenvalue weighted by Gasteiger charge is -2.21. The summed E-state index contributed by atoms with van der Waals surface area (Å²) in [5.74, 6) is 0. The predicted octanol–water partition coefficient (Wildman–Crippen LogP) is 2.72. The van der Waals surface area contributed by atoms with Crippen molar-refractivity contribution in [2.75, 3.05) is 13.1 Å². The zero-order valence-electron chi connectivity index (χ0n) is 11.6. The number of aromatic nitrogens is 1. The van der Waals surface area contributed by atoms with Crippen molar-refractivity contribution in [1.82, 2.24) is 15.2 Å². The number of pyridine rings is 1. The van der Waals surface area contributed by atoms with Gasteiger partial charge in [-0.05, 0) is 31.5 Å². The lowest BCUT2D eigenvalue weighted by atomic mass is 10.2. The zero-order valence-corrected chi connectivity index (χ0v) is 11.6. The molecule has 1 heterocycles. The Bertz CT molecular complexity index is 430. The van der Waals surface area contributed by atoms with Crippen molar-refractivity contribution < 1.29 is 13.2 Å². The topological polar surface area (TPSA) is 28.2 Å². The van der Waals surface area contributed by atoms with Crippen LogP contribution >= 0.6 is 0 Å². The molecule has 1 aromatic heterocycles. The number of rotatable bonds is 7. The van der Waals surface area contributed by atoms with Crippen molar-refractivity contribution in [2.24, 2.45) is 0 Å². The maximum atomic E-state index is 12.4. The summed E-state index contributed by atoms with van der Waals surface area (Å²) in [5, 5.41) is 3.35. The molecule has 0 atom stereocenters. The van der Waals surface area contributed by atoms with E-state index in [1.165, 1.54) is 17.7 Å². The molecular formula is C14H20F3N3. The second-order valence-electron chi connectivity index (χ2n) is 5.19. The zero-order chi connectivity index (χ0) is 14.6. The first kappa shape index (κ1) is 15.3. The van der Waals surface area contributed by atoms with Gasteiger partial charge >= 0.3 is 6.18 Å². The minimum atomic E-state index is -4.17. The summed E-state index contributed by atoms with van der Waals surface area (Å²) in [6, 6.07) is 6.13. The van der Waals surface area contributed by atoms with Crippen LogP contribution in [0.25, 0.3) is 0 Å². The molecule has 0 radical (unpaired) electrons. The number of hydrogen-bond acceptors (Lipinski definition) is 3. The van der Waals surface area contributed by atoms with E-state index in [1.54, 1.807) is 13.0 Å². The average Bonchev–Trinajstić information content (AvgIpc) is 3.18. The number of nitrogens with one attached hydrogen (secondary N) is 1. The Morgan fingerprint density at radius 3 is 2.60 bits per heavy atom. The van der Waals surface area contributed by atoms with Crippen molar-refractivity contribution in [3.05, 3.63) is 29.6 Å². The molecule has 1 saturated carbocycles. The van der Waals surface area contributed by atoms with Crippen LogP contribution in [0.2, 0.25) is 0 Å². The largest absolute Gasteiger partial charge is 0.401 e. The first-order valence-corrected chi connectivity index (χ1v) is 6.93. The second kappa shape index (κ2) is 6.54. The van der Waals surface area contributed by atoms with Crippen LogP contribution in [0, 0.1) is 0 Å².